The van der Waals surface area contributed by atoms with Crippen molar-refractivity contribution < 1.29 is 13.6 Å². The van der Waals surface area contributed by atoms with Crippen molar-refractivity contribution in [3.05, 3.63) is 24.1 Å². The first-order valence-electron chi connectivity index (χ1n) is 6.17. The van der Waals surface area contributed by atoms with Gasteiger partial charge in [-0.1, -0.05) is 0 Å². The van der Waals surface area contributed by atoms with Gasteiger partial charge in [-0.2, -0.15) is 10.2 Å². The topological polar surface area (TPSA) is 84.2 Å². The van der Waals surface area contributed by atoms with Gasteiger partial charge in [-0.15, -0.1) is 0 Å². The molecule has 3 heterocycles. The molecule has 2 aromatic rings. The van der Waals surface area contributed by atoms with Crippen LogP contribution in [0.4, 0.5) is 5.88 Å². The number of hydrogen-bond donors (Lipinski definition) is 1. The van der Waals surface area contributed by atoms with Crippen molar-refractivity contribution in [3.63, 3.8) is 0 Å². The summed E-state index contributed by atoms with van der Waals surface area (Å²) in [5.41, 5.74) is 0.226. The molecule has 0 unspecified atom stereocenters. The third kappa shape index (κ3) is 2.46. The van der Waals surface area contributed by atoms with Crippen molar-refractivity contribution in [1.29, 1.82) is 5.26 Å². The van der Waals surface area contributed by atoms with Crippen LogP contribution in [-0.2, 0) is 4.74 Å². The molecule has 0 radical (unpaired) electrons. The summed E-state index contributed by atoms with van der Waals surface area (Å²) in [6.45, 7) is 1.41. The Labute approximate surface area is 110 Å². The Balaban J connectivity index is 1.75. The van der Waals surface area contributed by atoms with E-state index in [0.29, 0.717) is 24.1 Å². The Morgan fingerprint density at radius 1 is 1.53 bits per heavy atom. The lowest BCUT2D eigenvalue weighted by molar-refractivity contribution is 0.120. The van der Waals surface area contributed by atoms with Crippen molar-refractivity contribution in [2.45, 2.75) is 18.9 Å². The van der Waals surface area contributed by atoms with Crippen LogP contribution < -0.4 is 5.32 Å². The number of furan rings is 1. The van der Waals surface area contributed by atoms with Gasteiger partial charge in [0.05, 0.1) is 12.4 Å². The van der Waals surface area contributed by atoms with Gasteiger partial charge in [-0.3, -0.25) is 0 Å². The minimum absolute atomic E-state index is 0.170. The maximum absolute atomic E-state index is 9.05. The van der Waals surface area contributed by atoms with Gasteiger partial charge in [0.1, 0.15) is 6.07 Å². The lowest BCUT2D eigenvalue weighted by Gasteiger charge is -2.09. The minimum Gasteiger partial charge on any atom is -0.459 e. The van der Waals surface area contributed by atoms with E-state index in [2.05, 4.69) is 10.3 Å². The number of nitriles is 1. The molecule has 1 N–H and O–H groups in total. The summed E-state index contributed by atoms with van der Waals surface area (Å²) in [6.07, 6.45) is 3.80. The number of ether oxygens (including phenoxy) is 1. The normalized spacial score (nSPS) is 18.4. The summed E-state index contributed by atoms with van der Waals surface area (Å²) in [4.78, 5) is 4.09. The molecule has 0 bridgehead atoms. The van der Waals surface area contributed by atoms with Gasteiger partial charge in [-0.25, -0.2) is 0 Å². The first-order valence-corrected chi connectivity index (χ1v) is 6.17. The van der Waals surface area contributed by atoms with Crippen LogP contribution in [0.1, 0.15) is 18.5 Å². The molecule has 6 nitrogen and oxygen atoms in total. The maximum atomic E-state index is 9.05. The third-order valence-corrected chi connectivity index (χ3v) is 2.98. The molecule has 0 aromatic carbocycles. The second kappa shape index (κ2) is 5.16. The number of oxazole rings is 1. The average molecular weight is 259 g/mol. The summed E-state index contributed by atoms with van der Waals surface area (Å²) < 4.78 is 16.2. The summed E-state index contributed by atoms with van der Waals surface area (Å²) >= 11 is 0. The van der Waals surface area contributed by atoms with Crippen molar-refractivity contribution in [1.82, 2.24) is 4.98 Å². The molecular weight excluding hydrogens is 246 g/mol. The molecule has 1 fully saturated rings. The lowest BCUT2D eigenvalue weighted by Crippen LogP contribution is -2.18. The zero-order chi connectivity index (χ0) is 13.1. The molecule has 2 aromatic heterocycles. The average Bonchev–Trinajstić information content (AvgIpc) is 3.16. The van der Waals surface area contributed by atoms with Crippen LogP contribution in [0.5, 0.6) is 0 Å². The van der Waals surface area contributed by atoms with Crippen LogP contribution >= 0.6 is 0 Å². The second-order valence-corrected chi connectivity index (χ2v) is 4.30. The SMILES string of the molecule is N#Cc1nc(-c2ccco2)oc1NC[C@@H]1CCCO1. The highest BCUT2D eigenvalue weighted by molar-refractivity contribution is 5.54. The summed E-state index contributed by atoms with van der Waals surface area (Å²) in [5.74, 6) is 1.17. The van der Waals surface area contributed by atoms with Crippen molar-refractivity contribution in [3.8, 4) is 17.7 Å². The fourth-order valence-corrected chi connectivity index (χ4v) is 2.03. The van der Waals surface area contributed by atoms with Gasteiger partial charge in [0.25, 0.3) is 5.89 Å². The second-order valence-electron chi connectivity index (χ2n) is 4.30. The van der Waals surface area contributed by atoms with Crippen LogP contribution in [0.15, 0.2) is 27.2 Å². The van der Waals surface area contributed by atoms with Crippen LogP contribution in [0.2, 0.25) is 0 Å². The van der Waals surface area contributed by atoms with Crippen LogP contribution in [0.3, 0.4) is 0 Å². The number of anilines is 1. The zero-order valence-electron chi connectivity index (χ0n) is 10.3. The van der Waals surface area contributed by atoms with E-state index in [-0.39, 0.29) is 11.8 Å². The Hall–Kier alpha value is -2.26. The number of nitrogens with one attached hydrogen (secondary N) is 1. The molecule has 1 aliphatic rings. The highest BCUT2D eigenvalue weighted by Crippen LogP contribution is 2.26. The monoisotopic (exact) mass is 259 g/mol. The van der Waals surface area contributed by atoms with Gasteiger partial charge in [0.15, 0.2) is 5.76 Å². The van der Waals surface area contributed by atoms with E-state index in [1.165, 1.54) is 6.26 Å². The molecule has 19 heavy (non-hydrogen) atoms. The number of hydrogen-bond acceptors (Lipinski definition) is 6. The van der Waals surface area contributed by atoms with Crippen LogP contribution in [0.25, 0.3) is 11.7 Å². The fraction of sp³-hybridized carbons (Fsp3) is 0.385. The Morgan fingerprint density at radius 3 is 3.16 bits per heavy atom. The van der Waals surface area contributed by atoms with E-state index in [1.54, 1.807) is 12.1 Å². The van der Waals surface area contributed by atoms with E-state index in [1.807, 2.05) is 6.07 Å². The summed E-state index contributed by atoms with van der Waals surface area (Å²) in [7, 11) is 0. The fourth-order valence-electron chi connectivity index (χ4n) is 2.03. The molecule has 1 aliphatic heterocycles. The quantitative estimate of drug-likeness (QED) is 0.907. The van der Waals surface area contributed by atoms with Gasteiger partial charge in [0.2, 0.25) is 11.6 Å². The van der Waals surface area contributed by atoms with Crippen molar-refractivity contribution >= 4 is 5.88 Å². The molecule has 0 saturated carbocycles. The molecular formula is C13H13N3O3. The Kier molecular flexibility index (Phi) is 3.21. The van der Waals surface area contributed by atoms with Gasteiger partial charge >= 0.3 is 0 Å². The predicted octanol–water partition coefficient (Wildman–Crippen LogP) is 2.40. The molecule has 1 saturated heterocycles. The highest BCUT2D eigenvalue weighted by Gasteiger charge is 2.19. The smallest absolute Gasteiger partial charge is 0.266 e. The van der Waals surface area contributed by atoms with Crippen molar-refractivity contribution in [2.24, 2.45) is 0 Å². The first kappa shape index (κ1) is 11.8. The first-order chi connectivity index (χ1) is 9.36. The highest BCUT2D eigenvalue weighted by atomic mass is 16.5. The van der Waals surface area contributed by atoms with Crippen LogP contribution in [0, 0.1) is 11.3 Å². The van der Waals surface area contributed by atoms with E-state index >= 15 is 0 Å². The maximum Gasteiger partial charge on any atom is 0.266 e. The minimum atomic E-state index is 0.170. The van der Waals surface area contributed by atoms with E-state index in [9.17, 15) is 0 Å². The number of rotatable bonds is 4. The molecule has 6 heteroatoms. The number of aromatic nitrogens is 1. The van der Waals surface area contributed by atoms with E-state index in [0.717, 1.165) is 19.4 Å². The molecule has 98 valence electrons. The lowest BCUT2D eigenvalue weighted by atomic mass is 10.2. The zero-order valence-corrected chi connectivity index (χ0v) is 10.3. The summed E-state index contributed by atoms with van der Waals surface area (Å²) in [5, 5.41) is 12.1. The predicted molar refractivity (Wildman–Crippen MR) is 66.4 cm³/mol. The third-order valence-electron chi connectivity index (χ3n) is 2.98. The largest absolute Gasteiger partial charge is 0.459 e. The molecule has 3 rings (SSSR count). The molecule has 1 atom stereocenters. The van der Waals surface area contributed by atoms with E-state index in [4.69, 9.17) is 18.8 Å². The summed E-state index contributed by atoms with van der Waals surface area (Å²) in [6, 6.07) is 5.48. The van der Waals surface area contributed by atoms with Crippen molar-refractivity contribution in [2.75, 3.05) is 18.5 Å². The van der Waals surface area contributed by atoms with E-state index < -0.39 is 0 Å². The molecule has 0 amide bonds. The Bertz CT molecular complexity index is 577. The van der Waals surface area contributed by atoms with Crippen LogP contribution in [-0.4, -0.2) is 24.2 Å². The standard InChI is InChI=1S/C13H13N3O3/c14-7-10-12(15-8-9-3-1-5-17-9)19-13(16-10)11-4-2-6-18-11/h2,4,6,9,15H,1,3,5,8H2/t9-/m0/s1. The van der Waals surface area contributed by atoms with Gasteiger partial charge in [0, 0.05) is 13.2 Å². The number of nitrogens with zero attached hydrogens (tertiary/aromatic N) is 2. The van der Waals surface area contributed by atoms with Gasteiger partial charge < -0.3 is 18.9 Å². The Morgan fingerprint density at radius 2 is 2.47 bits per heavy atom. The molecule has 0 spiro atoms. The van der Waals surface area contributed by atoms with Gasteiger partial charge in [-0.05, 0) is 25.0 Å². The molecule has 0 aliphatic carbocycles.